The van der Waals surface area contributed by atoms with E-state index in [1.165, 1.54) is 6.07 Å². The summed E-state index contributed by atoms with van der Waals surface area (Å²) in [6.07, 6.45) is 2.54. The van der Waals surface area contributed by atoms with Crippen molar-refractivity contribution in [3.05, 3.63) is 24.3 Å². The lowest BCUT2D eigenvalue weighted by Crippen LogP contribution is -2.34. The minimum atomic E-state index is -3.53. The normalized spacial score (nSPS) is 13.3. The molecule has 0 saturated heterocycles. The van der Waals surface area contributed by atoms with E-state index in [9.17, 15) is 8.42 Å². The van der Waals surface area contributed by atoms with Crippen LogP contribution in [0.4, 0.5) is 5.69 Å². The maximum Gasteiger partial charge on any atom is 0.242 e. The molecule has 0 heterocycles. The number of anilines is 1. The quantitative estimate of drug-likeness (QED) is 0.522. The molecule has 1 atom stereocenters. The summed E-state index contributed by atoms with van der Waals surface area (Å²) < 4.78 is 27.2. The van der Waals surface area contributed by atoms with Gasteiger partial charge in [-0.15, -0.1) is 0 Å². The Hall–Kier alpha value is -1.11. The van der Waals surface area contributed by atoms with Crippen molar-refractivity contribution in [3.8, 4) is 0 Å². The van der Waals surface area contributed by atoms with E-state index in [2.05, 4.69) is 10.1 Å². The van der Waals surface area contributed by atoms with E-state index in [0.717, 1.165) is 19.3 Å². The third-order valence-corrected chi connectivity index (χ3v) is 4.36. The van der Waals surface area contributed by atoms with Crippen LogP contribution in [0.2, 0.25) is 0 Å². The highest BCUT2D eigenvalue weighted by atomic mass is 32.2. The molecule has 1 rings (SSSR count). The van der Waals surface area contributed by atoms with E-state index in [0.29, 0.717) is 5.69 Å². The number of para-hydroxylation sites is 1. The number of sulfonamides is 1. The molecule has 0 aliphatic rings. The van der Waals surface area contributed by atoms with Gasteiger partial charge in [0.1, 0.15) is 4.90 Å². The fraction of sp³-hybridized carbons (Fsp3) is 0.500. The maximum atomic E-state index is 12.2. The van der Waals surface area contributed by atoms with Gasteiger partial charge in [-0.2, -0.15) is 0 Å². The van der Waals surface area contributed by atoms with Gasteiger partial charge >= 0.3 is 0 Å². The van der Waals surface area contributed by atoms with E-state index in [1.54, 1.807) is 18.2 Å². The fourth-order valence-corrected chi connectivity index (χ4v) is 3.32. The number of nitrogens with one attached hydrogen (secondary N) is 2. The first kappa shape index (κ1) is 14.9. The number of rotatable bonds is 7. The van der Waals surface area contributed by atoms with E-state index in [1.807, 2.05) is 13.8 Å². The first-order chi connectivity index (χ1) is 8.55. The Labute approximate surface area is 109 Å². The minimum Gasteiger partial charge on any atom is -0.323 e. The lowest BCUT2D eigenvalue weighted by molar-refractivity contribution is 0.512. The molecular formula is C12H21N3O2S. The van der Waals surface area contributed by atoms with Crippen LogP contribution in [0.3, 0.4) is 0 Å². The zero-order valence-corrected chi connectivity index (χ0v) is 11.6. The van der Waals surface area contributed by atoms with Crippen molar-refractivity contribution < 1.29 is 8.42 Å². The number of hydrogen-bond donors (Lipinski definition) is 3. The van der Waals surface area contributed by atoms with Crippen LogP contribution in [0.5, 0.6) is 0 Å². The summed E-state index contributed by atoms with van der Waals surface area (Å²) in [4.78, 5) is 0.182. The van der Waals surface area contributed by atoms with Gasteiger partial charge in [0.15, 0.2) is 0 Å². The lowest BCUT2D eigenvalue weighted by atomic mass is 10.1. The molecule has 102 valence electrons. The molecule has 0 aromatic heterocycles. The Morgan fingerprint density at radius 1 is 1.28 bits per heavy atom. The van der Waals surface area contributed by atoms with Crippen LogP contribution in [0.25, 0.3) is 0 Å². The Balaban J connectivity index is 2.98. The molecule has 0 aliphatic heterocycles. The van der Waals surface area contributed by atoms with Gasteiger partial charge in [0.2, 0.25) is 10.0 Å². The molecule has 0 spiro atoms. The van der Waals surface area contributed by atoms with Gasteiger partial charge in [0.25, 0.3) is 0 Å². The van der Waals surface area contributed by atoms with E-state index < -0.39 is 10.0 Å². The number of hydrogen-bond acceptors (Lipinski definition) is 4. The van der Waals surface area contributed by atoms with Gasteiger partial charge in [0.05, 0.1) is 5.69 Å². The second-order valence-corrected chi connectivity index (χ2v) is 5.84. The predicted octanol–water partition coefficient (Wildman–Crippen LogP) is 1.83. The van der Waals surface area contributed by atoms with E-state index >= 15 is 0 Å². The summed E-state index contributed by atoms with van der Waals surface area (Å²) in [6, 6.07) is 6.55. The van der Waals surface area contributed by atoms with Gasteiger partial charge in [-0.3, -0.25) is 5.84 Å². The summed E-state index contributed by atoms with van der Waals surface area (Å²) in [6.45, 7) is 4.00. The van der Waals surface area contributed by atoms with Crippen LogP contribution in [-0.4, -0.2) is 14.5 Å². The zero-order chi connectivity index (χ0) is 13.6. The number of hydrazine groups is 1. The van der Waals surface area contributed by atoms with Crippen LogP contribution in [0.15, 0.2) is 29.2 Å². The molecule has 0 saturated carbocycles. The molecule has 18 heavy (non-hydrogen) atoms. The highest BCUT2D eigenvalue weighted by Gasteiger charge is 2.21. The van der Waals surface area contributed by atoms with Crippen molar-refractivity contribution in [2.24, 2.45) is 5.84 Å². The number of nitrogens with two attached hydrogens (primary N) is 1. The Kier molecular flexibility index (Phi) is 5.58. The molecule has 0 fully saturated rings. The lowest BCUT2D eigenvalue weighted by Gasteiger charge is -2.17. The molecule has 0 amide bonds. The van der Waals surface area contributed by atoms with Gasteiger partial charge in [0, 0.05) is 6.04 Å². The number of nitrogen functional groups attached to an aromatic ring is 1. The third-order valence-electron chi connectivity index (χ3n) is 2.78. The molecule has 1 aromatic rings. The van der Waals surface area contributed by atoms with Crippen LogP contribution in [-0.2, 0) is 10.0 Å². The maximum absolute atomic E-state index is 12.2. The summed E-state index contributed by atoms with van der Waals surface area (Å²) in [5, 5.41) is 0. The average molecular weight is 271 g/mol. The molecule has 5 nitrogen and oxygen atoms in total. The van der Waals surface area contributed by atoms with Gasteiger partial charge in [-0.25, -0.2) is 13.1 Å². The third kappa shape index (κ3) is 3.69. The van der Waals surface area contributed by atoms with Crippen molar-refractivity contribution in [3.63, 3.8) is 0 Å². The Morgan fingerprint density at radius 2 is 1.94 bits per heavy atom. The Morgan fingerprint density at radius 3 is 2.50 bits per heavy atom. The molecular weight excluding hydrogens is 250 g/mol. The summed E-state index contributed by atoms with van der Waals surface area (Å²) >= 11 is 0. The highest BCUT2D eigenvalue weighted by Crippen LogP contribution is 2.20. The van der Waals surface area contributed by atoms with Crippen molar-refractivity contribution in [1.82, 2.24) is 4.72 Å². The first-order valence-electron chi connectivity index (χ1n) is 6.13. The van der Waals surface area contributed by atoms with Crippen molar-refractivity contribution in [2.75, 3.05) is 5.43 Å². The molecule has 4 N–H and O–H groups in total. The predicted molar refractivity (Wildman–Crippen MR) is 73.6 cm³/mol. The smallest absolute Gasteiger partial charge is 0.242 e. The van der Waals surface area contributed by atoms with Crippen LogP contribution in [0.1, 0.15) is 33.1 Å². The summed E-state index contributed by atoms with van der Waals surface area (Å²) in [5.41, 5.74) is 2.81. The van der Waals surface area contributed by atoms with E-state index in [-0.39, 0.29) is 10.9 Å². The topological polar surface area (TPSA) is 84.2 Å². The summed E-state index contributed by atoms with van der Waals surface area (Å²) in [7, 11) is -3.53. The standard InChI is InChI=1S/C12H21N3O2S/c1-3-7-10(4-2)15-18(16,17)12-9-6-5-8-11(12)14-13/h5-6,8-10,14-15H,3-4,7,13H2,1-2H3. The molecule has 1 unspecified atom stereocenters. The number of benzene rings is 1. The SMILES string of the molecule is CCCC(CC)NS(=O)(=O)c1ccccc1NN. The molecule has 0 aliphatic carbocycles. The molecule has 6 heteroatoms. The zero-order valence-electron chi connectivity index (χ0n) is 10.8. The molecule has 0 bridgehead atoms. The van der Waals surface area contributed by atoms with Crippen molar-refractivity contribution in [1.29, 1.82) is 0 Å². The Bertz CT molecular complexity index is 474. The second kappa shape index (κ2) is 6.72. The monoisotopic (exact) mass is 271 g/mol. The second-order valence-electron chi connectivity index (χ2n) is 4.16. The minimum absolute atomic E-state index is 0.0363. The van der Waals surface area contributed by atoms with Crippen molar-refractivity contribution in [2.45, 2.75) is 44.0 Å². The van der Waals surface area contributed by atoms with Gasteiger partial charge < -0.3 is 5.43 Å². The average Bonchev–Trinajstić information content (AvgIpc) is 2.38. The molecule has 0 radical (unpaired) electrons. The largest absolute Gasteiger partial charge is 0.323 e. The van der Waals surface area contributed by atoms with E-state index in [4.69, 9.17) is 5.84 Å². The van der Waals surface area contributed by atoms with Crippen LogP contribution >= 0.6 is 0 Å². The van der Waals surface area contributed by atoms with Crippen molar-refractivity contribution >= 4 is 15.7 Å². The molecule has 1 aromatic carbocycles. The first-order valence-corrected chi connectivity index (χ1v) is 7.61. The van der Waals surface area contributed by atoms with Gasteiger partial charge in [-0.05, 0) is 25.0 Å². The van der Waals surface area contributed by atoms with Crippen LogP contribution < -0.4 is 16.0 Å². The van der Waals surface area contributed by atoms with Gasteiger partial charge in [-0.1, -0.05) is 32.4 Å². The highest BCUT2D eigenvalue weighted by molar-refractivity contribution is 7.89. The summed E-state index contributed by atoms with van der Waals surface area (Å²) in [5.74, 6) is 5.33. The fourth-order valence-electron chi connectivity index (χ4n) is 1.80. The van der Waals surface area contributed by atoms with Crippen LogP contribution in [0, 0.1) is 0 Å².